The SMILES string of the molecule is COc1ccc(-c2ccc(Oc3cccc(Oc4ccc(-c5ccc(Oc6c(F)c(F)c(C)c(F)c6F)cc5)cc4)c3C#N)cc2)cc1. The van der Waals surface area contributed by atoms with Gasteiger partial charge in [-0.1, -0.05) is 54.6 Å². The zero-order valence-corrected chi connectivity index (χ0v) is 25.6. The summed E-state index contributed by atoms with van der Waals surface area (Å²) in [5.41, 5.74) is 2.97. The molecule has 0 atom stereocenters. The van der Waals surface area contributed by atoms with E-state index in [1.54, 1.807) is 61.7 Å². The summed E-state index contributed by atoms with van der Waals surface area (Å²) in [6.07, 6.45) is 0. The van der Waals surface area contributed by atoms with Gasteiger partial charge in [0.15, 0.2) is 11.6 Å². The van der Waals surface area contributed by atoms with Crippen LogP contribution >= 0.6 is 0 Å². The van der Waals surface area contributed by atoms with Crippen LogP contribution in [0.15, 0.2) is 115 Å². The molecule has 0 aliphatic carbocycles. The van der Waals surface area contributed by atoms with E-state index in [2.05, 4.69) is 6.07 Å². The van der Waals surface area contributed by atoms with Gasteiger partial charge in [0.25, 0.3) is 0 Å². The van der Waals surface area contributed by atoms with E-state index in [1.165, 1.54) is 12.1 Å². The molecule has 238 valence electrons. The number of nitriles is 1. The predicted octanol–water partition coefficient (Wildman–Crippen LogP) is 11.1. The number of nitrogens with zero attached hydrogens (tertiary/aromatic N) is 1. The normalized spacial score (nSPS) is 10.7. The van der Waals surface area contributed by atoms with Crippen molar-refractivity contribution in [2.75, 3.05) is 7.11 Å². The Morgan fingerprint density at radius 3 is 1.19 bits per heavy atom. The summed E-state index contributed by atoms with van der Waals surface area (Å²) in [5.74, 6) is -4.98. The summed E-state index contributed by atoms with van der Waals surface area (Å²) < 4.78 is 78.8. The van der Waals surface area contributed by atoms with Crippen molar-refractivity contribution in [2.45, 2.75) is 6.92 Å². The van der Waals surface area contributed by atoms with Gasteiger partial charge in [-0.2, -0.15) is 14.0 Å². The quantitative estimate of drug-likeness (QED) is 0.115. The fourth-order valence-electron chi connectivity index (χ4n) is 4.90. The minimum absolute atomic E-state index is 0.0153. The summed E-state index contributed by atoms with van der Waals surface area (Å²) >= 11 is 0. The molecule has 0 bridgehead atoms. The summed E-state index contributed by atoms with van der Waals surface area (Å²) in [6.45, 7) is 0.936. The van der Waals surface area contributed by atoms with Crippen LogP contribution in [0.25, 0.3) is 22.3 Å². The van der Waals surface area contributed by atoms with Crippen LogP contribution in [-0.2, 0) is 0 Å². The van der Waals surface area contributed by atoms with Gasteiger partial charge < -0.3 is 18.9 Å². The summed E-state index contributed by atoms with van der Waals surface area (Å²) in [5, 5.41) is 9.96. The first-order valence-electron chi connectivity index (χ1n) is 14.6. The van der Waals surface area contributed by atoms with Gasteiger partial charge in [0.1, 0.15) is 46.1 Å². The van der Waals surface area contributed by atoms with Gasteiger partial charge in [-0.3, -0.25) is 0 Å². The molecule has 0 unspecified atom stereocenters. The summed E-state index contributed by atoms with van der Waals surface area (Å²) in [7, 11) is 1.62. The fourth-order valence-corrected chi connectivity index (χ4v) is 4.90. The van der Waals surface area contributed by atoms with Crippen LogP contribution in [-0.4, -0.2) is 7.11 Å². The Balaban J connectivity index is 1.14. The average molecular weight is 648 g/mol. The van der Waals surface area contributed by atoms with Crippen LogP contribution in [0.5, 0.6) is 40.2 Å². The largest absolute Gasteiger partial charge is 0.497 e. The lowest BCUT2D eigenvalue weighted by Gasteiger charge is -2.13. The van der Waals surface area contributed by atoms with Crippen LogP contribution in [0.3, 0.4) is 0 Å². The van der Waals surface area contributed by atoms with Crippen LogP contribution in [0.4, 0.5) is 17.6 Å². The van der Waals surface area contributed by atoms with Gasteiger partial charge in [-0.25, -0.2) is 8.78 Å². The average Bonchev–Trinajstić information content (AvgIpc) is 3.13. The minimum Gasteiger partial charge on any atom is -0.497 e. The monoisotopic (exact) mass is 647 g/mol. The maximum Gasteiger partial charge on any atom is 0.204 e. The van der Waals surface area contributed by atoms with Crippen molar-refractivity contribution in [3.63, 3.8) is 0 Å². The number of hydrogen-bond acceptors (Lipinski definition) is 5. The lowest BCUT2D eigenvalue weighted by molar-refractivity contribution is 0.362. The van der Waals surface area contributed by atoms with Crippen molar-refractivity contribution in [3.05, 3.63) is 150 Å². The van der Waals surface area contributed by atoms with E-state index in [-0.39, 0.29) is 11.3 Å². The molecule has 0 spiro atoms. The molecule has 6 aromatic rings. The Bertz CT molecular complexity index is 2100. The molecule has 6 aromatic carbocycles. The molecule has 0 aliphatic rings. The van der Waals surface area contributed by atoms with Crippen LogP contribution in [0.1, 0.15) is 11.1 Å². The zero-order chi connectivity index (χ0) is 33.8. The summed E-state index contributed by atoms with van der Waals surface area (Å²) in [6, 6.07) is 35.6. The molecule has 48 heavy (non-hydrogen) atoms. The van der Waals surface area contributed by atoms with Crippen LogP contribution in [0.2, 0.25) is 0 Å². The Morgan fingerprint density at radius 2 is 0.833 bits per heavy atom. The van der Waals surface area contributed by atoms with E-state index in [4.69, 9.17) is 18.9 Å². The molecule has 0 saturated heterocycles. The highest BCUT2D eigenvalue weighted by Crippen LogP contribution is 2.37. The van der Waals surface area contributed by atoms with Crippen molar-refractivity contribution in [3.8, 4) is 68.6 Å². The predicted molar refractivity (Wildman–Crippen MR) is 173 cm³/mol. The number of rotatable bonds is 9. The van der Waals surface area contributed by atoms with Gasteiger partial charge in [0.2, 0.25) is 17.4 Å². The van der Waals surface area contributed by atoms with Gasteiger partial charge in [0.05, 0.1) is 7.11 Å². The lowest BCUT2D eigenvalue weighted by Crippen LogP contribution is -2.03. The van der Waals surface area contributed by atoms with Crippen molar-refractivity contribution in [1.29, 1.82) is 5.26 Å². The standard InChI is InChI=1S/C39H25F4NO4/c1-23-35(40)37(42)39(38(43)36(23)41)48-31-20-12-27(13-21-31)26-10-18-30(19-11-26)47-34-5-3-4-33(32(34)22-44)46-29-16-8-25(9-17-29)24-6-14-28(45-2)15-7-24/h3-21H,1-2H3. The highest BCUT2D eigenvalue weighted by molar-refractivity contribution is 5.66. The number of ether oxygens (including phenoxy) is 4. The molecule has 5 nitrogen and oxygen atoms in total. The molecule has 0 radical (unpaired) electrons. The van der Waals surface area contributed by atoms with Gasteiger partial charge >= 0.3 is 0 Å². The lowest BCUT2D eigenvalue weighted by atomic mass is 10.1. The molecule has 0 aromatic heterocycles. The second-order valence-corrected chi connectivity index (χ2v) is 10.6. The van der Waals surface area contributed by atoms with E-state index >= 15 is 0 Å². The molecular weight excluding hydrogens is 622 g/mol. The topological polar surface area (TPSA) is 60.7 Å². The number of halogens is 4. The van der Waals surface area contributed by atoms with Gasteiger partial charge in [-0.15, -0.1) is 0 Å². The maximum absolute atomic E-state index is 14.2. The van der Waals surface area contributed by atoms with Crippen molar-refractivity contribution in [2.24, 2.45) is 0 Å². The van der Waals surface area contributed by atoms with E-state index < -0.39 is 34.6 Å². The second kappa shape index (κ2) is 13.6. The van der Waals surface area contributed by atoms with Crippen molar-refractivity contribution in [1.82, 2.24) is 0 Å². The smallest absolute Gasteiger partial charge is 0.204 e. The number of methoxy groups -OCH3 is 1. The molecule has 6 rings (SSSR count). The molecule has 0 aliphatic heterocycles. The third-order valence-corrected chi connectivity index (χ3v) is 7.54. The van der Waals surface area contributed by atoms with E-state index in [9.17, 15) is 22.8 Å². The Hall–Kier alpha value is -6.27. The fraction of sp³-hybridized carbons (Fsp3) is 0.0513. The second-order valence-electron chi connectivity index (χ2n) is 10.6. The summed E-state index contributed by atoms with van der Waals surface area (Å²) in [4.78, 5) is 0. The van der Waals surface area contributed by atoms with E-state index in [1.807, 2.05) is 48.5 Å². The number of benzene rings is 6. The van der Waals surface area contributed by atoms with E-state index in [0.29, 0.717) is 23.0 Å². The molecule has 0 amide bonds. The Morgan fingerprint density at radius 1 is 0.479 bits per heavy atom. The molecular formula is C39H25F4NO4. The van der Waals surface area contributed by atoms with Gasteiger partial charge in [0, 0.05) is 5.56 Å². The van der Waals surface area contributed by atoms with Crippen molar-refractivity contribution >= 4 is 0 Å². The third kappa shape index (κ3) is 6.50. The van der Waals surface area contributed by atoms with Gasteiger partial charge in [-0.05, 0) is 89.8 Å². The third-order valence-electron chi connectivity index (χ3n) is 7.54. The minimum atomic E-state index is -1.61. The highest BCUT2D eigenvalue weighted by atomic mass is 19.2. The molecule has 0 saturated carbocycles. The Labute approximate surface area is 273 Å². The van der Waals surface area contributed by atoms with E-state index in [0.717, 1.165) is 34.9 Å². The highest BCUT2D eigenvalue weighted by Gasteiger charge is 2.25. The zero-order valence-electron chi connectivity index (χ0n) is 25.6. The Kier molecular flexibility index (Phi) is 8.99. The molecule has 0 heterocycles. The van der Waals surface area contributed by atoms with Crippen LogP contribution in [0, 0.1) is 41.5 Å². The number of hydrogen-bond donors (Lipinski definition) is 0. The van der Waals surface area contributed by atoms with Crippen molar-refractivity contribution < 1.29 is 36.5 Å². The maximum atomic E-state index is 14.2. The molecule has 9 heteroatoms. The van der Waals surface area contributed by atoms with Crippen LogP contribution < -0.4 is 18.9 Å². The molecule has 0 fully saturated rings. The first-order valence-corrected chi connectivity index (χ1v) is 14.6. The first kappa shape index (κ1) is 31.7. The molecule has 0 N–H and O–H groups in total. The first-order chi connectivity index (χ1) is 23.2.